The van der Waals surface area contributed by atoms with Crippen LogP contribution in [0.15, 0.2) is 41.5 Å². The quantitative estimate of drug-likeness (QED) is 0.870. The van der Waals surface area contributed by atoms with Crippen molar-refractivity contribution in [1.29, 1.82) is 5.26 Å². The molecule has 1 atom stereocenters. The number of aryl methyl sites for hydroxylation is 1. The highest BCUT2D eigenvalue weighted by Crippen LogP contribution is 2.29. The Morgan fingerprint density at radius 2 is 2.32 bits per heavy atom. The maximum Gasteiger partial charge on any atom is 0.293 e. The Morgan fingerprint density at radius 3 is 3.09 bits per heavy atom. The van der Waals surface area contributed by atoms with E-state index >= 15 is 0 Å². The molecule has 0 unspecified atom stereocenters. The van der Waals surface area contributed by atoms with Gasteiger partial charge >= 0.3 is 0 Å². The van der Waals surface area contributed by atoms with Crippen LogP contribution in [0.2, 0.25) is 0 Å². The third-order valence-corrected chi connectivity index (χ3v) is 4.21. The lowest BCUT2D eigenvalue weighted by molar-refractivity contribution is 0.708. The van der Waals surface area contributed by atoms with Gasteiger partial charge in [0, 0.05) is 37.9 Å². The molecule has 0 spiro atoms. The van der Waals surface area contributed by atoms with E-state index < -0.39 is 0 Å². The molecule has 112 valence electrons. The molecular formula is C17H18N4O. The van der Waals surface area contributed by atoms with Gasteiger partial charge in [-0.2, -0.15) is 5.26 Å². The van der Waals surface area contributed by atoms with Crippen LogP contribution in [0.1, 0.15) is 30.4 Å². The second kappa shape index (κ2) is 6.02. The van der Waals surface area contributed by atoms with Gasteiger partial charge in [0.05, 0.1) is 11.6 Å². The first kappa shape index (κ1) is 14.3. The summed E-state index contributed by atoms with van der Waals surface area (Å²) in [6, 6.07) is 9.91. The Balaban J connectivity index is 1.83. The summed E-state index contributed by atoms with van der Waals surface area (Å²) < 4.78 is 1.67. The van der Waals surface area contributed by atoms with E-state index in [1.54, 1.807) is 17.0 Å². The van der Waals surface area contributed by atoms with E-state index in [1.807, 2.05) is 25.1 Å². The maximum atomic E-state index is 12.3. The summed E-state index contributed by atoms with van der Waals surface area (Å²) in [5.41, 5.74) is 1.81. The Labute approximate surface area is 129 Å². The number of benzene rings is 1. The first-order chi connectivity index (χ1) is 10.7. The van der Waals surface area contributed by atoms with Crippen molar-refractivity contribution in [3.05, 3.63) is 58.1 Å². The molecule has 1 fully saturated rings. The van der Waals surface area contributed by atoms with E-state index in [0.717, 1.165) is 25.1 Å². The van der Waals surface area contributed by atoms with Crippen LogP contribution in [0.3, 0.4) is 0 Å². The Morgan fingerprint density at radius 1 is 1.45 bits per heavy atom. The molecule has 0 saturated carbocycles. The fraction of sp³-hybridized carbons (Fsp3) is 0.353. The minimum atomic E-state index is -0.0311. The zero-order chi connectivity index (χ0) is 15.5. The molecule has 2 heterocycles. The van der Waals surface area contributed by atoms with Gasteiger partial charge in [0.1, 0.15) is 0 Å². The predicted octanol–water partition coefficient (Wildman–Crippen LogP) is 2.13. The van der Waals surface area contributed by atoms with Crippen molar-refractivity contribution in [1.82, 2.24) is 9.55 Å². The highest BCUT2D eigenvalue weighted by Gasteiger charge is 2.26. The van der Waals surface area contributed by atoms with E-state index in [9.17, 15) is 4.79 Å². The van der Waals surface area contributed by atoms with Crippen LogP contribution in [0, 0.1) is 11.3 Å². The molecule has 3 rings (SSSR count). The van der Waals surface area contributed by atoms with E-state index in [1.165, 1.54) is 0 Å². The number of anilines is 1. The summed E-state index contributed by atoms with van der Waals surface area (Å²) in [6.45, 7) is 4.18. The summed E-state index contributed by atoms with van der Waals surface area (Å²) >= 11 is 0. The lowest BCUT2D eigenvalue weighted by Crippen LogP contribution is -2.31. The molecule has 5 heteroatoms. The minimum absolute atomic E-state index is 0.0311. The van der Waals surface area contributed by atoms with Gasteiger partial charge in [-0.25, -0.2) is 4.98 Å². The first-order valence-electron chi connectivity index (χ1n) is 7.53. The van der Waals surface area contributed by atoms with Crippen molar-refractivity contribution >= 4 is 5.82 Å². The Hall–Kier alpha value is -2.61. The minimum Gasteiger partial charge on any atom is -0.351 e. The Kier molecular flexibility index (Phi) is 3.92. The van der Waals surface area contributed by atoms with Crippen LogP contribution in [0.4, 0.5) is 5.82 Å². The lowest BCUT2D eigenvalue weighted by atomic mass is 9.97. The van der Waals surface area contributed by atoms with Crippen molar-refractivity contribution in [2.24, 2.45) is 0 Å². The topological polar surface area (TPSA) is 61.9 Å². The smallest absolute Gasteiger partial charge is 0.293 e. The van der Waals surface area contributed by atoms with Crippen LogP contribution >= 0.6 is 0 Å². The van der Waals surface area contributed by atoms with Gasteiger partial charge in [-0.05, 0) is 31.0 Å². The molecule has 1 aromatic heterocycles. The zero-order valence-corrected chi connectivity index (χ0v) is 12.6. The third-order valence-electron chi connectivity index (χ3n) is 4.21. The third kappa shape index (κ3) is 2.60. The molecule has 2 aromatic rings. The number of rotatable bonds is 3. The molecule has 0 N–H and O–H groups in total. The number of aromatic nitrogens is 2. The van der Waals surface area contributed by atoms with Crippen molar-refractivity contribution < 1.29 is 0 Å². The fourth-order valence-corrected chi connectivity index (χ4v) is 2.99. The molecule has 0 amide bonds. The first-order valence-corrected chi connectivity index (χ1v) is 7.53. The molecule has 1 aromatic carbocycles. The van der Waals surface area contributed by atoms with E-state index in [4.69, 9.17) is 5.26 Å². The highest BCUT2D eigenvalue weighted by atomic mass is 16.1. The molecule has 5 nitrogen and oxygen atoms in total. The average Bonchev–Trinajstić information content (AvgIpc) is 3.05. The molecule has 0 bridgehead atoms. The molecule has 1 aliphatic heterocycles. The zero-order valence-electron chi connectivity index (χ0n) is 12.6. The summed E-state index contributed by atoms with van der Waals surface area (Å²) in [4.78, 5) is 18.7. The van der Waals surface area contributed by atoms with Crippen molar-refractivity contribution in [3.8, 4) is 6.07 Å². The normalized spacial score (nSPS) is 17.5. The second-order valence-corrected chi connectivity index (χ2v) is 5.51. The number of hydrogen-bond donors (Lipinski definition) is 0. The van der Waals surface area contributed by atoms with Gasteiger partial charge in [0.25, 0.3) is 5.56 Å². The molecular weight excluding hydrogens is 276 g/mol. The predicted molar refractivity (Wildman–Crippen MR) is 84.9 cm³/mol. The van der Waals surface area contributed by atoms with Gasteiger partial charge in [-0.15, -0.1) is 0 Å². The second-order valence-electron chi connectivity index (χ2n) is 5.51. The SMILES string of the molecule is CCn1ccnc(N2CC[C@H](c3cccc(C#N)c3)C2)c1=O. The van der Waals surface area contributed by atoms with Crippen molar-refractivity contribution in [3.63, 3.8) is 0 Å². The standard InChI is InChI=1S/C17H18N4O/c1-2-20-9-7-19-16(17(20)22)21-8-6-15(12-21)14-5-3-4-13(10-14)11-18/h3-5,7,9-10,15H,2,6,8,12H2,1H3/t15-/m0/s1. The van der Waals surface area contributed by atoms with Gasteiger partial charge in [0.15, 0.2) is 5.82 Å². The molecule has 0 radical (unpaired) electrons. The van der Waals surface area contributed by atoms with Crippen LogP contribution in [-0.4, -0.2) is 22.6 Å². The largest absolute Gasteiger partial charge is 0.351 e. The highest BCUT2D eigenvalue weighted by molar-refractivity contribution is 5.41. The number of nitrogens with zero attached hydrogens (tertiary/aromatic N) is 4. The molecule has 0 aliphatic carbocycles. The van der Waals surface area contributed by atoms with Gasteiger partial charge < -0.3 is 9.47 Å². The average molecular weight is 294 g/mol. The van der Waals surface area contributed by atoms with Crippen LogP contribution < -0.4 is 10.5 Å². The van der Waals surface area contributed by atoms with E-state index in [2.05, 4.69) is 22.0 Å². The fourth-order valence-electron chi connectivity index (χ4n) is 2.99. The number of hydrogen-bond acceptors (Lipinski definition) is 4. The van der Waals surface area contributed by atoms with Gasteiger partial charge in [-0.1, -0.05) is 12.1 Å². The molecule has 22 heavy (non-hydrogen) atoms. The Bertz CT molecular complexity index is 775. The van der Waals surface area contributed by atoms with Gasteiger partial charge in [0.2, 0.25) is 0 Å². The monoisotopic (exact) mass is 294 g/mol. The van der Waals surface area contributed by atoms with Crippen molar-refractivity contribution in [2.45, 2.75) is 25.8 Å². The summed E-state index contributed by atoms with van der Waals surface area (Å²) in [5.74, 6) is 0.869. The number of nitriles is 1. The van der Waals surface area contributed by atoms with Gasteiger partial charge in [-0.3, -0.25) is 4.79 Å². The van der Waals surface area contributed by atoms with Crippen LogP contribution in [0.5, 0.6) is 0 Å². The van der Waals surface area contributed by atoms with Crippen LogP contribution in [0.25, 0.3) is 0 Å². The van der Waals surface area contributed by atoms with E-state index in [0.29, 0.717) is 23.8 Å². The summed E-state index contributed by atoms with van der Waals surface area (Å²) in [7, 11) is 0. The van der Waals surface area contributed by atoms with Crippen molar-refractivity contribution in [2.75, 3.05) is 18.0 Å². The molecule has 1 saturated heterocycles. The summed E-state index contributed by atoms with van der Waals surface area (Å²) in [5, 5.41) is 9.01. The summed E-state index contributed by atoms with van der Waals surface area (Å²) in [6.07, 6.45) is 4.37. The van der Waals surface area contributed by atoms with E-state index in [-0.39, 0.29) is 5.56 Å². The lowest BCUT2D eigenvalue weighted by Gasteiger charge is -2.17. The molecule has 1 aliphatic rings. The maximum absolute atomic E-state index is 12.3. The van der Waals surface area contributed by atoms with Crippen LogP contribution in [-0.2, 0) is 6.54 Å².